The lowest BCUT2D eigenvalue weighted by atomic mass is 9.84. The molecule has 1 fully saturated rings. The molecule has 0 bridgehead atoms. The van der Waals surface area contributed by atoms with Gasteiger partial charge in [-0.25, -0.2) is 4.57 Å². The molecule has 1 aliphatic heterocycles. The van der Waals surface area contributed by atoms with Crippen molar-refractivity contribution in [1.82, 2.24) is 0 Å². The average Bonchev–Trinajstić information content (AvgIpc) is 2.48. The lowest BCUT2D eigenvalue weighted by molar-refractivity contribution is 0.143. The molecular formula is C11H15O4P. The van der Waals surface area contributed by atoms with Crippen LogP contribution in [0.15, 0.2) is 36.0 Å². The molecule has 2 aliphatic rings. The van der Waals surface area contributed by atoms with Gasteiger partial charge in [0.15, 0.2) is 0 Å². The van der Waals surface area contributed by atoms with Crippen molar-refractivity contribution in [2.75, 3.05) is 0 Å². The van der Waals surface area contributed by atoms with Crippen LogP contribution in [0.25, 0.3) is 0 Å². The number of phosphoric acid groups is 1. The van der Waals surface area contributed by atoms with Gasteiger partial charge in [0.1, 0.15) is 11.7 Å². The molecule has 0 aromatic carbocycles. The minimum absolute atomic E-state index is 0.517. The summed E-state index contributed by atoms with van der Waals surface area (Å²) in [5.74, 6) is 0. The maximum Gasteiger partial charge on any atom is 0.474 e. The molecule has 1 saturated heterocycles. The van der Waals surface area contributed by atoms with Gasteiger partial charge in [-0.05, 0) is 25.0 Å². The van der Waals surface area contributed by atoms with Gasteiger partial charge in [0.25, 0.3) is 0 Å². The smallest absolute Gasteiger partial charge is 0.302 e. The fourth-order valence-electron chi connectivity index (χ4n) is 1.94. The van der Waals surface area contributed by atoms with E-state index in [0.29, 0.717) is 0 Å². The van der Waals surface area contributed by atoms with Gasteiger partial charge in [-0.1, -0.05) is 31.2 Å². The predicted molar refractivity (Wildman–Crippen MR) is 60.8 cm³/mol. The first-order valence-electron chi connectivity index (χ1n) is 5.25. The van der Waals surface area contributed by atoms with E-state index in [1.54, 1.807) is 6.08 Å². The number of phosphoric ester groups is 1. The van der Waals surface area contributed by atoms with Crippen LogP contribution in [0.1, 0.15) is 20.3 Å². The molecule has 4 nitrogen and oxygen atoms in total. The molecule has 1 N–H and O–H groups in total. The zero-order chi connectivity index (χ0) is 11.8. The molecule has 88 valence electrons. The van der Waals surface area contributed by atoms with E-state index in [4.69, 9.17) is 9.05 Å². The van der Waals surface area contributed by atoms with Gasteiger partial charge in [-0.2, -0.15) is 0 Å². The van der Waals surface area contributed by atoms with Gasteiger partial charge in [0, 0.05) is 0 Å². The summed E-state index contributed by atoms with van der Waals surface area (Å²) >= 11 is 0. The Kier molecular flexibility index (Phi) is 2.93. The van der Waals surface area contributed by atoms with Crippen molar-refractivity contribution in [2.45, 2.75) is 32.0 Å². The van der Waals surface area contributed by atoms with Crippen LogP contribution in [0, 0.1) is 0 Å². The normalized spacial score (nSPS) is 42.4. The van der Waals surface area contributed by atoms with Crippen LogP contribution in [0.3, 0.4) is 0 Å². The minimum atomic E-state index is -3.93. The first-order chi connectivity index (χ1) is 7.50. The van der Waals surface area contributed by atoms with Crippen LogP contribution in [0.5, 0.6) is 0 Å². The second-order valence-corrected chi connectivity index (χ2v) is 5.25. The molecule has 0 aromatic heterocycles. The van der Waals surface area contributed by atoms with Crippen molar-refractivity contribution in [3.05, 3.63) is 36.0 Å². The summed E-state index contributed by atoms with van der Waals surface area (Å²) in [5.41, 5.74) is -0.0360. The standard InChI is InChI=1S/C11H15O4P/c1-3-4-8-11-9(2)6-5-7-10(11)14-16(12,13)15-11/h4-8,10H,3H2,1-2H3,(H,12,13). The molecule has 16 heavy (non-hydrogen) atoms. The molecule has 5 heteroatoms. The van der Waals surface area contributed by atoms with Gasteiger partial charge in [-0.3, -0.25) is 9.05 Å². The molecule has 0 spiro atoms. The Labute approximate surface area is 94.9 Å². The molecule has 0 amide bonds. The molecule has 0 saturated carbocycles. The number of rotatable bonds is 2. The summed E-state index contributed by atoms with van der Waals surface area (Å²) in [6.07, 6.45) is 9.46. The average molecular weight is 242 g/mol. The Morgan fingerprint density at radius 2 is 2.44 bits per heavy atom. The summed E-state index contributed by atoms with van der Waals surface area (Å²) in [5, 5.41) is 0. The third kappa shape index (κ3) is 1.82. The third-order valence-electron chi connectivity index (χ3n) is 2.79. The second kappa shape index (κ2) is 3.97. The Hall–Kier alpha value is -0.670. The summed E-state index contributed by atoms with van der Waals surface area (Å²) in [6, 6.07) is 0. The monoisotopic (exact) mass is 242 g/mol. The van der Waals surface area contributed by atoms with Crippen molar-refractivity contribution >= 4 is 7.82 Å². The lowest BCUT2D eigenvalue weighted by Crippen LogP contribution is -2.39. The zero-order valence-electron chi connectivity index (χ0n) is 9.29. The molecule has 0 radical (unpaired) electrons. The van der Waals surface area contributed by atoms with Crippen molar-refractivity contribution in [1.29, 1.82) is 0 Å². The van der Waals surface area contributed by atoms with Crippen molar-refractivity contribution in [2.24, 2.45) is 0 Å². The highest BCUT2D eigenvalue weighted by atomic mass is 31.2. The van der Waals surface area contributed by atoms with Crippen LogP contribution in [0.2, 0.25) is 0 Å². The first kappa shape index (κ1) is 11.8. The quantitative estimate of drug-likeness (QED) is 0.597. The maximum atomic E-state index is 11.5. The Balaban J connectivity index is 2.44. The topological polar surface area (TPSA) is 55.8 Å². The number of hydrogen-bond donors (Lipinski definition) is 1. The zero-order valence-corrected chi connectivity index (χ0v) is 10.2. The summed E-state index contributed by atoms with van der Waals surface area (Å²) in [6.45, 7) is 3.86. The SMILES string of the molecule is CCC=CC12OP(=O)(O)OC1C=CC=C2C. The highest BCUT2D eigenvalue weighted by Gasteiger charge is 2.54. The van der Waals surface area contributed by atoms with E-state index in [9.17, 15) is 9.46 Å². The number of fused-ring (bicyclic) bond motifs is 1. The van der Waals surface area contributed by atoms with Crippen LogP contribution in [0.4, 0.5) is 0 Å². The van der Waals surface area contributed by atoms with E-state index >= 15 is 0 Å². The molecule has 1 heterocycles. The van der Waals surface area contributed by atoms with Gasteiger partial charge in [-0.15, -0.1) is 0 Å². The number of hydrogen-bond acceptors (Lipinski definition) is 3. The van der Waals surface area contributed by atoms with Crippen molar-refractivity contribution in [3.63, 3.8) is 0 Å². The second-order valence-electron chi connectivity index (χ2n) is 3.92. The Morgan fingerprint density at radius 3 is 3.12 bits per heavy atom. The fraction of sp³-hybridized carbons (Fsp3) is 0.455. The van der Waals surface area contributed by atoms with Crippen molar-refractivity contribution < 1.29 is 18.5 Å². The van der Waals surface area contributed by atoms with E-state index in [0.717, 1.165) is 12.0 Å². The van der Waals surface area contributed by atoms with Crippen LogP contribution >= 0.6 is 7.82 Å². The molecule has 3 atom stereocenters. The highest BCUT2D eigenvalue weighted by molar-refractivity contribution is 7.47. The molecule has 1 aliphatic carbocycles. The van der Waals surface area contributed by atoms with Gasteiger partial charge in [0.2, 0.25) is 0 Å². The largest absolute Gasteiger partial charge is 0.474 e. The maximum absolute atomic E-state index is 11.5. The molecule has 3 unspecified atom stereocenters. The molecular weight excluding hydrogens is 227 g/mol. The Bertz CT molecular complexity index is 424. The molecule has 0 aromatic rings. The third-order valence-corrected chi connectivity index (χ3v) is 3.81. The van der Waals surface area contributed by atoms with Crippen molar-refractivity contribution in [3.8, 4) is 0 Å². The van der Waals surface area contributed by atoms with E-state index in [1.165, 1.54) is 0 Å². The summed E-state index contributed by atoms with van der Waals surface area (Å²) < 4.78 is 21.8. The van der Waals surface area contributed by atoms with E-state index in [-0.39, 0.29) is 0 Å². The first-order valence-corrected chi connectivity index (χ1v) is 6.75. The Morgan fingerprint density at radius 1 is 1.69 bits per heavy atom. The van der Waals surface area contributed by atoms with Gasteiger partial charge < -0.3 is 4.89 Å². The highest BCUT2D eigenvalue weighted by Crippen LogP contribution is 2.60. The van der Waals surface area contributed by atoms with E-state index < -0.39 is 19.5 Å². The summed E-state index contributed by atoms with van der Waals surface area (Å²) in [7, 11) is -3.93. The van der Waals surface area contributed by atoms with E-state index in [1.807, 2.05) is 38.2 Å². The van der Waals surface area contributed by atoms with E-state index in [2.05, 4.69) is 0 Å². The van der Waals surface area contributed by atoms with Gasteiger partial charge >= 0.3 is 7.82 Å². The summed E-state index contributed by atoms with van der Waals surface area (Å²) in [4.78, 5) is 9.42. The minimum Gasteiger partial charge on any atom is -0.302 e. The van der Waals surface area contributed by atoms with Crippen LogP contribution in [-0.4, -0.2) is 16.6 Å². The van der Waals surface area contributed by atoms with Gasteiger partial charge in [0.05, 0.1) is 0 Å². The van der Waals surface area contributed by atoms with Crippen LogP contribution in [-0.2, 0) is 13.6 Å². The fourth-order valence-corrected chi connectivity index (χ4v) is 3.19. The predicted octanol–water partition coefficient (Wildman–Crippen LogP) is 2.72. The lowest BCUT2D eigenvalue weighted by Gasteiger charge is -2.30. The van der Waals surface area contributed by atoms with Crippen LogP contribution < -0.4 is 0 Å². The number of allylic oxidation sites excluding steroid dienone is 3. The molecule has 2 rings (SSSR count).